The third-order valence-electron chi connectivity index (χ3n) is 1.90. The molecule has 0 heterocycles. The van der Waals surface area contributed by atoms with Crippen LogP contribution >= 0.6 is 0 Å². The first-order valence-electron chi connectivity index (χ1n) is 4.96. The zero-order valence-corrected chi connectivity index (χ0v) is 10.0. The Morgan fingerprint density at radius 3 is 2.07 bits per heavy atom. The van der Waals surface area contributed by atoms with Gasteiger partial charge in [0.15, 0.2) is 11.5 Å². The van der Waals surface area contributed by atoms with E-state index < -0.39 is 0 Å². The molecule has 0 aliphatic carbocycles. The van der Waals surface area contributed by atoms with E-state index in [1.165, 1.54) is 0 Å². The molecule has 0 radical (unpaired) electrons. The van der Waals surface area contributed by atoms with E-state index in [4.69, 9.17) is 9.47 Å². The summed E-state index contributed by atoms with van der Waals surface area (Å²) in [5, 5.41) is 3.37. The average molecular weight is 209 g/mol. The van der Waals surface area contributed by atoms with Gasteiger partial charge in [-0.1, -0.05) is 0 Å². The molecule has 1 rings (SSSR count). The molecule has 0 spiro atoms. The largest absolute Gasteiger partial charge is 0.493 e. The Morgan fingerprint density at radius 2 is 1.60 bits per heavy atom. The summed E-state index contributed by atoms with van der Waals surface area (Å²) in [6.45, 7) is 6.34. The fourth-order valence-corrected chi connectivity index (χ4v) is 1.35. The lowest BCUT2D eigenvalue weighted by Gasteiger charge is -2.22. The summed E-state index contributed by atoms with van der Waals surface area (Å²) >= 11 is 0. The van der Waals surface area contributed by atoms with Crippen molar-refractivity contribution >= 4 is 5.69 Å². The molecule has 1 N–H and O–H groups in total. The molecule has 0 unspecified atom stereocenters. The lowest BCUT2D eigenvalue weighted by Crippen LogP contribution is -2.25. The lowest BCUT2D eigenvalue weighted by atomic mass is 10.1. The first-order chi connectivity index (χ1) is 6.96. The third kappa shape index (κ3) is 3.35. The van der Waals surface area contributed by atoms with Gasteiger partial charge in [-0.2, -0.15) is 0 Å². The maximum atomic E-state index is 5.23. The number of benzene rings is 1. The van der Waals surface area contributed by atoms with Gasteiger partial charge in [-0.05, 0) is 32.9 Å². The maximum Gasteiger partial charge on any atom is 0.162 e. The molecule has 3 nitrogen and oxygen atoms in total. The van der Waals surface area contributed by atoms with E-state index in [-0.39, 0.29) is 5.54 Å². The Morgan fingerprint density at radius 1 is 1.00 bits per heavy atom. The number of hydrogen-bond donors (Lipinski definition) is 1. The van der Waals surface area contributed by atoms with Crippen molar-refractivity contribution < 1.29 is 9.47 Å². The molecule has 15 heavy (non-hydrogen) atoms. The van der Waals surface area contributed by atoms with E-state index in [9.17, 15) is 0 Å². The molecule has 0 aliphatic heterocycles. The summed E-state index contributed by atoms with van der Waals surface area (Å²) < 4.78 is 10.4. The second-order valence-electron chi connectivity index (χ2n) is 4.44. The van der Waals surface area contributed by atoms with E-state index in [0.29, 0.717) is 0 Å². The van der Waals surface area contributed by atoms with E-state index in [2.05, 4.69) is 26.1 Å². The van der Waals surface area contributed by atoms with Gasteiger partial charge in [-0.15, -0.1) is 0 Å². The first kappa shape index (κ1) is 11.7. The van der Waals surface area contributed by atoms with Crippen molar-refractivity contribution in [3.05, 3.63) is 18.2 Å². The van der Waals surface area contributed by atoms with Crippen molar-refractivity contribution in [3.63, 3.8) is 0 Å². The van der Waals surface area contributed by atoms with Gasteiger partial charge < -0.3 is 14.8 Å². The normalized spacial score (nSPS) is 11.0. The highest BCUT2D eigenvalue weighted by atomic mass is 16.5. The van der Waals surface area contributed by atoms with Gasteiger partial charge in [0.1, 0.15) is 0 Å². The van der Waals surface area contributed by atoms with Crippen molar-refractivity contribution in [2.45, 2.75) is 26.3 Å². The van der Waals surface area contributed by atoms with Gasteiger partial charge in [-0.25, -0.2) is 0 Å². The van der Waals surface area contributed by atoms with Crippen LogP contribution in [-0.2, 0) is 0 Å². The zero-order valence-electron chi connectivity index (χ0n) is 10.0. The second-order valence-corrected chi connectivity index (χ2v) is 4.44. The van der Waals surface area contributed by atoms with E-state index in [1.807, 2.05) is 18.2 Å². The number of hydrogen-bond acceptors (Lipinski definition) is 3. The molecule has 0 bridgehead atoms. The molecule has 0 aliphatic rings. The fourth-order valence-electron chi connectivity index (χ4n) is 1.35. The Hall–Kier alpha value is -1.38. The molecular weight excluding hydrogens is 190 g/mol. The van der Waals surface area contributed by atoms with Gasteiger partial charge in [0, 0.05) is 17.3 Å². The van der Waals surface area contributed by atoms with Gasteiger partial charge >= 0.3 is 0 Å². The molecule has 0 amide bonds. The molecule has 3 heteroatoms. The van der Waals surface area contributed by atoms with Crippen LogP contribution in [0.1, 0.15) is 20.8 Å². The summed E-state index contributed by atoms with van der Waals surface area (Å²) in [7, 11) is 3.27. The number of methoxy groups -OCH3 is 2. The van der Waals surface area contributed by atoms with E-state index in [0.717, 1.165) is 17.2 Å². The third-order valence-corrected chi connectivity index (χ3v) is 1.90. The fraction of sp³-hybridized carbons (Fsp3) is 0.500. The summed E-state index contributed by atoms with van der Waals surface area (Å²) in [6.07, 6.45) is 0. The summed E-state index contributed by atoms with van der Waals surface area (Å²) in [5.41, 5.74) is 1.07. The minimum absolute atomic E-state index is 0.0413. The van der Waals surface area contributed by atoms with Crippen molar-refractivity contribution in [3.8, 4) is 11.5 Å². The smallest absolute Gasteiger partial charge is 0.162 e. The highest BCUT2D eigenvalue weighted by Gasteiger charge is 2.11. The highest BCUT2D eigenvalue weighted by molar-refractivity contribution is 5.55. The van der Waals surface area contributed by atoms with Crippen molar-refractivity contribution in [1.82, 2.24) is 0 Å². The van der Waals surface area contributed by atoms with Crippen molar-refractivity contribution in [2.24, 2.45) is 0 Å². The monoisotopic (exact) mass is 209 g/mol. The van der Waals surface area contributed by atoms with Crippen LogP contribution in [0.2, 0.25) is 0 Å². The lowest BCUT2D eigenvalue weighted by molar-refractivity contribution is 0.355. The van der Waals surface area contributed by atoms with Crippen LogP contribution in [0.15, 0.2) is 18.2 Å². The predicted molar refractivity (Wildman–Crippen MR) is 62.9 cm³/mol. The molecule has 0 saturated heterocycles. The minimum Gasteiger partial charge on any atom is -0.493 e. The molecule has 0 fully saturated rings. The molecular formula is C12H19NO2. The quantitative estimate of drug-likeness (QED) is 0.830. The SMILES string of the molecule is COc1ccc(NC(C)(C)C)cc1OC. The predicted octanol–water partition coefficient (Wildman–Crippen LogP) is 2.91. The Kier molecular flexibility index (Phi) is 3.45. The number of anilines is 1. The Balaban J connectivity index is 2.93. The Labute approximate surface area is 91.4 Å². The number of nitrogens with one attached hydrogen (secondary N) is 1. The van der Waals surface area contributed by atoms with Crippen molar-refractivity contribution in [2.75, 3.05) is 19.5 Å². The van der Waals surface area contributed by atoms with Crippen LogP contribution in [0.5, 0.6) is 11.5 Å². The van der Waals surface area contributed by atoms with Crippen LogP contribution < -0.4 is 14.8 Å². The van der Waals surface area contributed by atoms with Gasteiger partial charge in [0.05, 0.1) is 14.2 Å². The standard InChI is InChI=1S/C12H19NO2/c1-12(2,3)13-9-6-7-10(14-4)11(8-9)15-5/h6-8,13H,1-5H3. The topological polar surface area (TPSA) is 30.5 Å². The summed E-state index contributed by atoms with van der Waals surface area (Å²) in [5.74, 6) is 1.49. The summed E-state index contributed by atoms with van der Waals surface area (Å²) in [6, 6.07) is 5.81. The molecule has 0 aromatic heterocycles. The van der Waals surface area contributed by atoms with Crippen LogP contribution in [0, 0.1) is 0 Å². The number of ether oxygens (including phenoxy) is 2. The number of rotatable bonds is 3. The van der Waals surface area contributed by atoms with Gasteiger partial charge in [-0.3, -0.25) is 0 Å². The second kappa shape index (κ2) is 4.43. The van der Waals surface area contributed by atoms with Crippen LogP contribution in [0.3, 0.4) is 0 Å². The molecule has 0 saturated carbocycles. The Bertz CT molecular complexity index is 329. The van der Waals surface area contributed by atoms with E-state index >= 15 is 0 Å². The van der Waals surface area contributed by atoms with Crippen molar-refractivity contribution in [1.29, 1.82) is 0 Å². The highest BCUT2D eigenvalue weighted by Crippen LogP contribution is 2.30. The first-order valence-corrected chi connectivity index (χ1v) is 4.96. The molecule has 1 aromatic carbocycles. The van der Waals surface area contributed by atoms with Gasteiger partial charge in [0.2, 0.25) is 0 Å². The van der Waals surface area contributed by atoms with E-state index in [1.54, 1.807) is 14.2 Å². The molecule has 0 atom stereocenters. The van der Waals surface area contributed by atoms with Crippen LogP contribution in [-0.4, -0.2) is 19.8 Å². The van der Waals surface area contributed by atoms with Crippen LogP contribution in [0.25, 0.3) is 0 Å². The summed E-state index contributed by atoms with van der Waals surface area (Å²) in [4.78, 5) is 0. The molecule has 1 aromatic rings. The maximum absolute atomic E-state index is 5.23. The average Bonchev–Trinajstić information content (AvgIpc) is 2.15. The van der Waals surface area contributed by atoms with Crippen LogP contribution in [0.4, 0.5) is 5.69 Å². The molecule has 84 valence electrons. The minimum atomic E-state index is 0.0413. The van der Waals surface area contributed by atoms with Gasteiger partial charge in [0.25, 0.3) is 0 Å². The zero-order chi connectivity index (χ0) is 11.5.